The van der Waals surface area contributed by atoms with Gasteiger partial charge in [-0.1, -0.05) is 26.0 Å². The minimum Gasteiger partial charge on any atom is -0.496 e. The minimum atomic E-state index is -0.574. The molecule has 3 aromatic rings. The van der Waals surface area contributed by atoms with Gasteiger partial charge in [-0.25, -0.2) is 9.07 Å². The van der Waals surface area contributed by atoms with E-state index < -0.39 is 29.6 Å². The maximum Gasteiger partial charge on any atom is 0.325 e. The van der Waals surface area contributed by atoms with Crippen molar-refractivity contribution in [1.29, 1.82) is 0 Å². The molecule has 39 heavy (non-hydrogen) atoms. The van der Waals surface area contributed by atoms with Crippen molar-refractivity contribution in [1.82, 2.24) is 20.4 Å². The Balaban J connectivity index is 1.99. The Labute approximate surface area is 226 Å². The van der Waals surface area contributed by atoms with E-state index in [4.69, 9.17) is 9.47 Å². The van der Waals surface area contributed by atoms with Crippen LogP contribution in [0.25, 0.3) is 16.9 Å². The van der Waals surface area contributed by atoms with Gasteiger partial charge in [0.1, 0.15) is 23.9 Å². The van der Waals surface area contributed by atoms with Crippen LogP contribution in [-0.4, -0.2) is 61.5 Å². The molecule has 0 aliphatic rings. The van der Waals surface area contributed by atoms with E-state index in [2.05, 4.69) is 20.5 Å². The number of benzene rings is 2. The van der Waals surface area contributed by atoms with Crippen LogP contribution in [0.5, 0.6) is 11.5 Å². The summed E-state index contributed by atoms with van der Waals surface area (Å²) >= 11 is 0. The lowest BCUT2D eigenvalue weighted by Crippen LogP contribution is -2.41. The number of aromatic nitrogens is 2. The van der Waals surface area contributed by atoms with E-state index in [-0.39, 0.29) is 24.6 Å². The third-order valence-corrected chi connectivity index (χ3v) is 5.86. The van der Waals surface area contributed by atoms with Gasteiger partial charge in [-0.15, -0.1) is 0 Å². The Morgan fingerprint density at radius 2 is 1.67 bits per heavy atom. The fourth-order valence-corrected chi connectivity index (χ4v) is 4.14. The molecule has 0 bridgehead atoms. The van der Waals surface area contributed by atoms with Gasteiger partial charge < -0.3 is 24.8 Å². The number of nitrogens with one attached hydrogen (secondary N) is 2. The largest absolute Gasteiger partial charge is 0.496 e. The number of rotatable bonds is 12. The molecule has 0 aliphatic heterocycles. The number of hydrogen-bond acceptors (Lipinski definition) is 7. The lowest BCUT2D eigenvalue weighted by molar-refractivity contribution is -0.141. The van der Waals surface area contributed by atoms with Gasteiger partial charge in [0.15, 0.2) is 5.69 Å². The topological polar surface area (TPSA) is 121 Å². The predicted octanol–water partition coefficient (Wildman–Crippen LogP) is 3.52. The summed E-state index contributed by atoms with van der Waals surface area (Å²) in [5.74, 6) is -0.862. The van der Waals surface area contributed by atoms with E-state index >= 15 is 0 Å². The molecule has 10 nitrogen and oxygen atoms in total. The van der Waals surface area contributed by atoms with E-state index in [9.17, 15) is 18.8 Å². The molecule has 3 rings (SSSR count). The molecule has 0 saturated carbocycles. The van der Waals surface area contributed by atoms with E-state index in [1.54, 1.807) is 36.4 Å². The summed E-state index contributed by atoms with van der Waals surface area (Å²) in [7, 11) is 4.25. The van der Waals surface area contributed by atoms with Crippen LogP contribution < -0.4 is 20.1 Å². The summed E-state index contributed by atoms with van der Waals surface area (Å²) in [5.41, 5.74) is 1.40. The number of amides is 2. The number of nitrogens with zero attached hydrogens (tertiary/aromatic N) is 2. The number of carbonyl (C=O) groups excluding carboxylic acids is 3. The van der Waals surface area contributed by atoms with Gasteiger partial charge in [-0.05, 0) is 48.7 Å². The molecule has 1 heterocycles. The number of hydrogen-bond donors (Lipinski definition) is 2. The standard InChI is InChI=1S/C28H33FN4O6/c1-17(2)12-19(14-25(34)30-16-26(35)39-5)31-28(36)21-15-22(27-23(37-3)10-7-11-24(27)38-4)33(32-21)20-9-6-8-18(29)13-20/h6-11,13,15,17,19H,12,14,16H2,1-5H3,(H,30,34)(H,31,36)/t19-/m0/s1. The second kappa shape index (κ2) is 13.4. The molecular weight excluding hydrogens is 507 g/mol. The van der Waals surface area contributed by atoms with Crippen molar-refractivity contribution in [3.63, 3.8) is 0 Å². The van der Waals surface area contributed by atoms with Crippen molar-refractivity contribution in [3.05, 3.63) is 60.0 Å². The second-order valence-electron chi connectivity index (χ2n) is 9.20. The van der Waals surface area contributed by atoms with Crippen molar-refractivity contribution in [2.24, 2.45) is 5.92 Å². The quantitative estimate of drug-likeness (QED) is 0.337. The number of esters is 1. The Morgan fingerprint density at radius 1 is 1.00 bits per heavy atom. The van der Waals surface area contributed by atoms with Gasteiger partial charge in [-0.3, -0.25) is 14.4 Å². The molecule has 2 amide bonds. The Hall–Kier alpha value is -4.41. The molecule has 0 aliphatic carbocycles. The first-order valence-corrected chi connectivity index (χ1v) is 12.4. The molecule has 11 heteroatoms. The summed E-state index contributed by atoms with van der Waals surface area (Å²) in [6.07, 6.45) is 0.466. The van der Waals surface area contributed by atoms with Gasteiger partial charge in [0.2, 0.25) is 5.91 Å². The summed E-state index contributed by atoms with van der Waals surface area (Å²) < 4.78 is 31.3. The van der Waals surface area contributed by atoms with E-state index in [0.29, 0.717) is 34.9 Å². The molecule has 2 N–H and O–H groups in total. The van der Waals surface area contributed by atoms with Crippen molar-refractivity contribution in [3.8, 4) is 28.4 Å². The Morgan fingerprint density at radius 3 is 2.26 bits per heavy atom. The van der Waals surface area contributed by atoms with E-state index in [1.165, 1.54) is 38.1 Å². The third kappa shape index (κ3) is 7.56. The maximum atomic E-state index is 14.2. The monoisotopic (exact) mass is 540 g/mol. The van der Waals surface area contributed by atoms with Crippen LogP contribution in [0.2, 0.25) is 0 Å². The second-order valence-corrected chi connectivity index (χ2v) is 9.20. The average Bonchev–Trinajstić information content (AvgIpc) is 3.36. The Bertz CT molecular complexity index is 1300. The first-order valence-electron chi connectivity index (χ1n) is 12.4. The summed E-state index contributed by atoms with van der Waals surface area (Å²) in [4.78, 5) is 37.2. The van der Waals surface area contributed by atoms with Gasteiger partial charge in [0, 0.05) is 12.5 Å². The molecule has 1 atom stereocenters. The molecule has 1 aromatic heterocycles. The zero-order valence-electron chi connectivity index (χ0n) is 22.6. The molecule has 0 saturated heterocycles. The molecule has 0 radical (unpaired) electrons. The maximum absolute atomic E-state index is 14.2. The number of methoxy groups -OCH3 is 3. The molecule has 0 fully saturated rings. The minimum absolute atomic E-state index is 0.0429. The van der Waals surface area contributed by atoms with Gasteiger partial charge in [0.25, 0.3) is 5.91 Å². The van der Waals surface area contributed by atoms with Crippen LogP contribution in [-0.2, 0) is 14.3 Å². The molecule has 0 unspecified atom stereocenters. The van der Waals surface area contributed by atoms with E-state index in [0.717, 1.165) is 0 Å². The first kappa shape index (κ1) is 29.2. The van der Waals surface area contributed by atoms with Crippen molar-refractivity contribution >= 4 is 17.8 Å². The van der Waals surface area contributed by atoms with Gasteiger partial charge >= 0.3 is 5.97 Å². The zero-order chi connectivity index (χ0) is 28.5. The van der Waals surface area contributed by atoms with Crippen LogP contribution in [0.1, 0.15) is 37.2 Å². The van der Waals surface area contributed by atoms with Crippen molar-refractivity contribution in [2.45, 2.75) is 32.7 Å². The lowest BCUT2D eigenvalue weighted by Gasteiger charge is -2.19. The van der Waals surface area contributed by atoms with E-state index in [1.807, 2.05) is 13.8 Å². The molecule has 0 spiro atoms. The predicted molar refractivity (Wildman–Crippen MR) is 142 cm³/mol. The van der Waals surface area contributed by atoms with Crippen LogP contribution in [0.3, 0.4) is 0 Å². The van der Waals surface area contributed by atoms with Crippen molar-refractivity contribution < 1.29 is 33.0 Å². The number of carbonyl (C=O) groups is 3. The molecular formula is C28H33FN4O6. The zero-order valence-corrected chi connectivity index (χ0v) is 22.6. The molecule has 208 valence electrons. The number of ether oxygens (including phenoxy) is 3. The van der Waals surface area contributed by atoms with Crippen LogP contribution in [0, 0.1) is 11.7 Å². The van der Waals surface area contributed by atoms with Gasteiger partial charge in [-0.2, -0.15) is 5.10 Å². The van der Waals surface area contributed by atoms with Crippen LogP contribution in [0.15, 0.2) is 48.5 Å². The SMILES string of the molecule is COC(=O)CNC(=O)C[C@H](CC(C)C)NC(=O)c1cc(-c2c(OC)cccc2OC)n(-c2cccc(F)c2)n1. The van der Waals surface area contributed by atoms with Crippen LogP contribution >= 0.6 is 0 Å². The molecule has 2 aromatic carbocycles. The Kier molecular flexibility index (Phi) is 10.0. The third-order valence-electron chi connectivity index (χ3n) is 5.86. The fourth-order valence-electron chi connectivity index (χ4n) is 4.14. The number of halogens is 1. The highest BCUT2D eigenvalue weighted by molar-refractivity contribution is 5.95. The van der Waals surface area contributed by atoms with Crippen molar-refractivity contribution in [2.75, 3.05) is 27.9 Å². The summed E-state index contributed by atoms with van der Waals surface area (Å²) in [5, 5.41) is 9.87. The smallest absolute Gasteiger partial charge is 0.325 e. The highest BCUT2D eigenvalue weighted by atomic mass is 19.1. The summed E-state index contributed by atoms with van der Waals surface area (Å²) in [6, 6.07) is 12.1. The highest BCUT2D eigenvalue weighted by Gasteiger charge is 2.25. The van der Waals surface area contributed by atoms with Gasteiger partial charge in [0.05, 0.1) is 38.3 Å². The highest BCUT2D eigenvalue weighted by Crippen LogP contribution is 2.39. The summed E-state index contributed by atoms with van der Waals surface area (Å²) in [6.45, 7) is 3.67. The average molecular weight is 541 g/mol. The normalized spacial score (nSPS) is 11.6. The fraction of sp³-hybridized carbons (Fsp3) is 0.357. The van der Waals surface area contributed by atoms with Crippen LogP contribution in [0.4, 0.5) is 4.39 Å². The lowest BCUT2D eigenvalue weighted by atomic mass is 10.0. The first-order chi connectivity index (χ1) is 18.7.